The third-order valence-corrected chi connectivity index (χ3v) is 5.06. The van der Waals surface area contributed by atoms with Crippen molar-refractivity contribution < 1.29 is 13.3 Å². The van der Waals surface area contributed by atoms with Crippen LogP contribution in [0.5, 0.6) is 0 Å². The molecule has 0 aliphatic carbocycles. The first-order valence-corrected chi connectivity index (χ1v) is 6.85. The molecule has 0 amide bonds. The molecular formula is C8H22N2O3Si. The van der Waals surface area contributed by atoms with Gasteiger partial charge in [-0.3, -0.25) is 5.84 Å². The van der Waals surface area contributed by atoms with E-state index in [-0.39, 0.29) is 6.23 Å². The molecule has 0 bridgehead atoms. The molecule has 0 saturated carbocycles. The Morgan fingerprint density at radius 2 is 1.86 bits per heavy atom. The lowest BCUT2D eigenvalue weighted by atomic mass is 10.4. The molecule has 3 N–H and O–H groups in total. The summed E-state index contributed by atoms with van der Waals surface area (Å²) in [6.45, 7) is 4.06. The zero-order valence-corrected chi connectivity index (χ0v) is 10.5. The second kappa shape index (κ2) is 7.33. The first-order valence-electron chi connectivity index (χ1n) is 4.92. The molecule has 5 nitrogen and oxygen atoms in total. The van der Waals surface area contributed by atoms with Gasteiger partial charge in [0.1, 0.15) is 6.23 Å². The molecular weight excluding hydrogens is 200 g/mol. The molecule has 6 heteroatoms. The second-order valence-electron chi connectivity index (χ2n) is 3.02. The average Bonchev–Trinajstić information content (AvgIpc) is 2.24. The van der Waals surface area contributed by atoms with Gasteiger partial charge in [0.25, 0.3) is 0 Å². The Hall–Kier alpha value is 0.0169. The van der Waals surface area contributed by atoms with Crippen molar-refractivity contribution in [3.05, 3.63) is 0 Å². The summed E-state index contributed by atoms with van der Waals surface area (Å²) in [6, 6.07) is 0.804. The molecule has 0 heterocycles. The summed E-state index contributed by atoms with van der Waals surface area (Å²) in [7, 11) is 0.748. The van der Waals surface area contributed by atoms with E-state index in [9.17, 15) is 0 Å². The van der Waals surface area contributed by atoms with E-state index >= 15 is 0 Å². The number of hydrogen-bond donors (Lipinski definition) is 2. The van der Waals surface area contributed by atoms with E-state index in [0.29, 0.717) is 0 Å². The zero-order valence-electron chi connectivity index (χ0n) is 9.50. The van der Waals surface area contributed by atoms with Crippen molar-refractivity contribution in [2.45, 2.75) is 39.0 Å². The van der Waals surface area contributed by atoms with Gasteiger partial charge in [0, 0.05) is 20.3 Å². The molecule has 86 valence electrons. The van der Waals surface area contributed by atoms with Crippen molar-refractivity contribution >= 4 is 8.80 Å². The monoisotopic (exact) mass is 222 g/mol. The van der Waals surface area contributed by atoms with Crippen molar-refractivity contribution in [2.24, 2.45) is 5.84 Å². The molecule has 1 unspecified atom stereocenters. The molecule has 0 aliphatic rings. The Morgan fingerprint density at radius 1 is 1.29 bits per heavy atom. The fourth-order valence-electron chi connectivity index (χ4n) is 1.20. The van der Waals surface area contributed by atoms with Crippen molar-refractivity contribution in [1.29, 1.82) is 0 Å². The summed E-state index contributed by atoms with van der Waals surface area (Å²) in [6.07, 6.45) is 1.55. The van der Waals surface area contributed by atoms with E-state index in [4.69, 9.17) is 19.1 Å². The summed E-state index contributed by atoms with van der Waals surface area (Å²) < 4.78 is 16.5. The zero-order chi connectivity index (χ0) is 11.0. The Bertz CT molecular complexity index is 141. The molecule has 0 spiro atoms. The molecule has 14 heavy (non-hydrogen) atoms. The Balaban J connectivity index is 4.31. The SMILES string of the molecule is CCC[Si](OC)(OC)OC(CC)NN. The van der Waals surface area contributed by atoms with E-state index in [1.165, 1.54) is 0 Å². The third-order valence-electron chi connectivity index (χ3n) is 2.06. The van der Waals surface area contributed by atoms with Crippen molar-refractivity contribution in [3.63, 3.8) is 0 Å². The van der Waals surface area contributed by atoms with Crippen LogP contribution in [0.15, 0.2) is 0 Å². The van der Waals surface area contributed by atoms with Gasteiger partial charge in [-0.25, -0.2) is 5.43 Å². The van der Waals surface area contributed by atoms with Gasteiger partial charge in [0.05, 0.1) is 0 Å². The first kappa shape index (κ1) is 14.0. The third kappa shape index (κ3) is 4.03. The molecule has 0 radical (unpaired) electrons. The van der Waals surface area contributed by atoms with E-state index in [0.717, 1.165) is 18.9 Å². The van der Waals surface area contributed by atoms with Gasteiger partial charge in [-0.2, -0.15) is 0 Å². The maximum absolute atomic E-state index is 5.73. The van der Waals surface area contributed by atoms with Crippen LogP contribution in [0.3, 0.4) is 0 Å². The minimum Gasteiger partial charge on any atom is -0.377 e. The largest absolute Gasteiger partial charge is 0.501 e. The van der Waals surface area contributed by atoms with Gasteiger partial charge in [-0.05, 0) is 6.42 Å². The van der Waals surface area contributed by atoms with Gasteiger partial charge in [0.2, 0.25) is 0 Å². The van der Waals surface area contributed by atoms with Crippen LogP contribution in [-0.4, -0.2) is 29.3 Å². The highest BCUT2D eigenvalue weighted by Crippen LogP contribution is 2.17. The van der Waals surface area contributed by atoms with Crippen LogP contribution in [-0.2, 0) is 13.3 Å². The molecule has 0 aromatic rings. The van der Waals surface area contributed by atoms with E-state index < -0.39 is 8.80 Å². The molecule has 1 atom stereocenters. The quantitative estimate of drug-likeness (QED) is 0.276. The maximum atomic E-state index is 5.73. The number of hydrogen-bond acceptors (Lipinski definition) is 5. The van der Waals surface area contributed by atoms with Crippen molar-refractivity contribution in [2.75, 3.05) is 14.2 Å². The Morgan fingerprint density at radius 3 is 2.14 bits per heavy atom. The highest BCUT2D eigenvalue weighted by Gasteiger charge is 2.39. The normalized spacial score (nSPS) is 14.4. The van der Waals surface area contributed by atoms with Gasteiger partial charge in [0.15, 0.2) is 0 Å². The lowest BCUT2D eigenvalue weighted by Crippen LogP contribution is -2.51. The summed E-state index contributed by atoms with van der Waals surface area (Å²) in [5.41, 5.74) is 2.59. The van der Waals surface area contributed by atoms with Crippen LogP contribution in [0.4, 0.5) is 0 Å². The van der Waals surface area contributed by atoms with E-state index in [1.807, 2.05) is 6.92 Å². The van der Waals surface area contributed by atoms with E-state index in [1.54, 1.807) is 14.2 Å². The van der Waals surface area contributed by atoms with Crippen molar-refractivity contribution in [3.8, 4) is 0 Å². The topological polar surface area (TPSA) is 65.7 Å². The number of nitrogens with one attached hydrogen (secondary N) is 1. The summed E-state index contributed by atoms with van der Waals surface area (Å²) >= 11 is 0. The molecule has 0 aliphatic heterocycles. The lowest BCUT2D eigenvalue weighted by Gasteiger charge is -2.30. The van der Waals surface area contributed by atoms with Crippen LogP contribution >= 0.6 is 0 Å². The molecule has 0 saturated heterocycles. The van der Waals surface area contributed by atoms with Gasteiger partial charge in [-0.1, -0.05) is 20.3 Å². The average molecular weight is 222 g/mol. The maximum Gasteiger partial charge on any atom is 0.501 e. The standard InChI is InChI=1S/C8H22N2O3Si/c1-5-7-14(11-3,12-4)13-8(6-2)10-9/h8,10H,5-7,9H2,1-4H3. The van der Waals surface area contributed by atoms with Crippen LogP contribution < -0.4 is 11.3 Å². The molecule has 0 aromatic heterocycles. The fraction of sp³-hybridized carbons (Fsp3) is 1.00. The minimum atomic E-state index is -2.49. The highest BCUT2D eigenvalue weighted by atomic mass is 28.4. The lowest BCUT2D eigenvalue weighted by molar-refractivity contribution is 0.0373. The summed E-state index contributed by atoms with van der Waals surface area (Å²) in [5.74, 6) is 5.33. The Labute approximate surface area is 87.2 Å². The number of rotatable bonds is 8. The summed E-state index contributed by atoms with van der Waals surface area (Å²) in [5, 5.41) is 0. The van der Waals surface area contributed by atoms with Crippen LogP contribution in [0, 0.1) is 0 Å². The van der Waals surface area contributed by atoms with Gasteiger partial charge in [-0.15, -0.1) is 0 Å². The van der Waals surface area contributed by atoms with Crippen LogP contribution in [0.2, 0.25) is 6.04 Å². The van der Waals surface area contributed by atoms with Crippen molar-refractivity contribution in [1.82, 2.24) is 5.43 Å². The highest BCUT2D eigenvalue weighted by molar-refractivity contribution is 6.60. The first-order chi connectivity index (χ1) is 6.67. The minimum absolute atomic E-state index is 0.201. The number of hydrazine groups is 1. The molecule has 0 rings (SSSR count). The fourth-order valence-corrected chi connectivity index (χ4v) is 3.37. The summed E-state index contributed by atoms with van der Waals surface area (Å²) in [4.78, 5) is 0. The smallest absolute Gasteiger partial charge is 0.377 e. The predicted octanol–water partition coefficient (Wildman–Crippen LogP) is 0.844. The molecule has 0 fully saturated rings. The van der Waals surface area contributed by atoms with Crippen LogP contribution in [0.1, 0.15) is 26.7 Å². The predicted molar refractivity (Wildman–Crippen MR) is 57.4 cm³/mol. The van der Waals surface area contributed by atoms with Crippen LogP contribution in [0.25, 0.3) is 0 Å². The van der Waals surface area contributed by atoms with Gasteiger partial charge >= 0.3 is 8.80 Å². The second-order valence-corrected chi connectivity index (χ2v) is 5.94. The molecule has 0 aromatic carbocycles. The van der Waals surface area contributed by atoms with E-state index in [2.05, 4.69) is 12.3 Å². The van der Waals surface area contributed by atoms with Gasteiger partial charge < -0.3 is 13.3 Å². The Kier molecular flexibility index (Phi) is 7.34. The number of nitrogens with two attached hydrogens (primary N) is 1.